The largest absolute Gasteiger partial charge is 0.353 e. The molecule has 1 aliphatic heterocycles. The van der Waals surface area contributed by atoms with E-state index in [2.05, 4.69) is 45.9 Å². The van der Waals surface area contributed by atoms with Crippen LogP contribution in [-0.4, -0.2) is 53.6 Å². The third-order valence-corrected chi connectivity index (χ3v) is 4.10. The highest BCUT2D eigenvalue weighted by molar-refractivity contribution is 5.36. The van der Waals surface area contributed by atoms with E-state index in [0.717, 1.165) is 50.8 Å². The molecule has 5 heteroatoms. The van der Waals surface area contributed by atoms with E-state index in [-0.39, 0.29) is 0 Å². The minimum Gasteiger partial charge on any atom is -0.353 e. The average Bonchev–Trinajstić information content (AvgIpc) is 2.53. The van der Waals surface area contributed by atoms with Gasteiger partial charge in [-0.05, 0) is 19.9 Å². The summed E-state index contributed by atoms with van der Waals surface area (Å²) in [6, 6.07) is 0.686. The topological polar surface area (TPSA) is 44.3 Å². The van der Waals surface area contributed by atoms with Crippen molar-refractivity contribution in [3.63, 3.8) is 0 Å². The number of anilines is 1. The molecule has 0 bridgehead atoms. The van der Waals surface area contributed by atoms with Gasteiger partial charge in [0.15, 0.2) is 0 Å². The Bertz CT molecular complexity index is 384. The van der Waals surface area contributed by atoms with Crippen LogP contribution in [0.4, 0.5) is 5.82 Å². The predicted octanol–water partition coefficient (Wildman–Crippen LogP) is 1.51. The molecule has 0 radical (unpaired) electrons. The van der Waals surface area contributed by atoms with Crippen molar-refractivity contribution in [3.8, 4) is 0 Å². The second-order valence-corrected chi connectivity index (χ2v) is 5.43. The number of piperazine rings is 1. The minimum absolute atomic E-state index is 0.686. The van der Waals surface area contributed by atoms with Gasteiger partial charge >= 0.3 is 0 Å². The Morgan fingerprint density at radius 2 is 1.90 bits per heavy atom. The first-order valence-corrected chi connectivity index (χ1v) is 7.75. The molecule has 0 spiro atoms. The SMILES string of the molecule is CCNCc1cnc(N2CCN(C(C)CC)CC2)cn1. The van der Waals surface area contributed by atoms with Crippen molar-refractivity contribution in [1.29, 1.82) is 0 Å². The van der Waals surface area contributed by atoms with E-state index < -0.39 is 0 Å². The number of hydrogen-bond donors (Lipinski definition) is 1. The Balaban J connectivity index is 1.87. The lowest BCUT2D eigenvalue weighted by atomic mass is 10.2. The highest BCUT2D eigenvalue weighted by Gasteiger charge is 2.20. The summed E-state index contributed by atoms with van der Waals surface area (Å²) in [5, 5.41) is 3.27. The normalized spacial score (nSPS) is 18.2. The predicted molar refractivity (Wildman–Crippen MR) is 83.0 cm³/mol. The third kappa shape index (κ3) is 3.90. The van der Waals surface area contributed by atoms with Gasteiger partial charge in [0.05, 0.1) is 18.1 Å². The first kappa shape index (κ1) is 15.2. The zero-order valence-corrected chi connectivity index (χ0v) is 13.0. The number of nitrogens with zero attached hydrogens (tertiary/aromatic N) is 4. The summed E-state index contributed by atoms with van der Waals surface area (Å²) in [7, 11) is 0. The van der Waals surface area contributed by atoms with Crippen LogP contribution < -0.4 is 10.2 Å². The summed E-state index contributed by atoms with van der Waals surface area (Å²) in [5.41, 5.74) is 1.01. The van der Waals surface area contributed by atoms with Crippen LogP contribution in [0.5, 0.6) is 0 Å². The molecule has 2 heterocycles. The fourth-order valence-electron chi connectivity index (χ4n) is 2.51. The summed E-state index contributed by atoms with van der Waals surface area (Å²) in [6.07, 6.45) is 5.02. The molecule has 2 rings (SSSR count). The molecule has 1 unspecified atom stereocenters. The van der Waals surface area contributed by atoms with Crippen molar-refractivity contribution in [2.24, 2.45) is 0 Å². The standard InChI is InChI=1S/C15H27N5/c1-4-13(3)19-6-8-20(9-7-19)15-12-17-14(11-18-15)10-16-5-2/h11-13,16H,4-10H2,1-3H3. The summed E-state index contributed by atoms with van der Waals surface area (Å²) in [6.45, 7) is 12.8. The van der Waals surface area contributed by atoms with Gasteiger partial charge in [-0.25, -0.2) is 4.98 Å². The molecule has 5 nitrogen and oxygen atoms in total. The van der Waals surface area contributed by atoms with Crippen LogP contribution in [0.1, 0.15) is 32.9 Å². The van der Waals surface area contributed by atoms with Crippen LogP contribution in [0.25, 0.3) is 0 Å². The quantitative estimate of drug-likeness (QED) is 0.854. The zero-order valence-electron chi connectivity index (χ0n) is 13.0. The molecule has 1 fully saturated rings. The van der Waals surface area contributed by atoms with Gasteiger partial charge in [0, 0.05) is 38.8 Å². The van der Waals surface area contributed by atoms with Crippen LogP contribution >= 0.6 is 0 Å². The van der Waals surface area contributed by atoms with E-state index in [9.17, 15) is 0 Å². The number of hydrogen-bond acceptors (Lipinski definition) is 5. The molecule has 0 aromatic carbocycles. The first-order chi connectivity index (χ1) is 9.74. The summed E-state index contributed by atoms with van der Waals surface area (Å²) in [4.78, 5) is 13.9. The second-order valence-electron chi connectivity index (χ2n) is 5.43. The number of rotatable bonds is 6. The van der Waals surface area contributed by atoms with E-state index in [1.165, 1.54) is 6.42 Å². The van der Waals surface area contributed by atoms with Crippen LogP contribution in [0.2, 0.25) is 0 Å². The Morgan fingerprint density at radius 1 is 1.15 bits per heavy atom. The highest BCUT2D eigenvalue weighted by Crippen LogP contribution is 2.14. The molecular formula is C15H27N5. The van der Waals surface area contributed by atoms with Gasteiger partial charge < -0.3 is 10.2 Å². The second kappa shape index (κ2) is 7.55. The molecule has 1 atom stereocenters. The Kier molecular flexibility index (Phi) is 5.73. The van der Waals surface area contributed by atoms with Gasteiger partial charge in [0.1, 0.15) is 5.82 Å². The summed E-state index contributed by atoms with van der Waals surface area (Å²) < 4.78 is 0. The maximum Gasteiger partial charge on any atom is 0.147 e. The molecule has 0 saturated carbocycles. The molecule has 0 aliphatic carbocycles. The maximum absolute atomic E-state index is 4.55. The van der Waals surface area contributed by atoms with Crippen molar-refractivity contribution in [1.82, 2.24) is 20.2 Å². The monoisotopic (exact) mass is 277 g/mol. The molecule has 1 aliphatic rings. The van der Waals surface area contributed by atoms with Gasteiger partial charge in [-0.2, -0.15) is 0 Å². The smallest absolute Gasteiger partial charge is 0.147 e. The van der Waals surface area contributed by atoms with Gasteiger partial charge in [0.2, 0.25) is 0 Å². The Morgan fingerprint density at radius 3 is 2.45 bits per heavy atom. The highest BCUT2D eigenvalue weighted by atomic mass is 15.3. The van der Waals surface area contributed by atoms with Crippen LogP contribution in [0.3, 0.4) is 0 Å². The fraction of sp³-hybridized carbons (Fsp3) is 0.733. The van der Waals surface area contributed by atoms with Crippen molar-refractivity contribution in [3.05, 3.63) is 18.1 Å². The molecule has 1 aromatic rings. The van der Waals surface area contributed by atoms with Crippen molar-refractivity contribution in [2.75, 3.05) is 37.6 Å². The lowest BCUT2D eigenvalue weighted by Gasteiger charge is -2.38. The van der Waals surface area contributed by atoms with Crippen molar-refractivity contribution < 1.29 is 0 Å². The number of nitrogens with one attached hydrogen (secondary N) is 1. The lowest BCUT2D eigenvalue weighted by molar-refractivity contribution is 0.192. The number of aromatic nitrogens is 2. The van der Waals surface area contributed by atoms with E-state index in [0.29, 0.717) is 6.04 Å². The Hall–Kier alpha value is -1.20. The minimum atomic E-state index is 0.686. The lowest BCUT2D eigenvalue weighted by Crippen LogP contribution is -2.49. The Labute approximate surface area is 122 Å². The molecule has 1 aromatic heterocycles. The van der Waals surface area contributed by atoms with E-state index in [1.54, 1.807) is 0 Å². The van der Waals surface area contributed by atoms with Crippen molar-refractivity contribution in [2.45, 2.75) is 39.8 Å². The molecular weight excluding hydrogens is 250 g/mol. The van der Waals surface area contributed by atoms with Crippen molar-refractivity contribution >= 4 is 5.82 Å². The van der Waals surface area contributed by atoms with Gasteiger partial charge in [0.25, 0.3) is 0 Å². The van der Waals surface area contributed by atoms with E-state index >= 15 is 0 Å². The molecule has 0 amide bonds. The van der Waals surface area contributed by atoms with Crippen LogP contribution in [0.15, 0.2) is 12.4 Å². The fourth-order valence-corrected chi connectivity index (χ4v) is 2.51. The van der Waals surface area contributed by atoms with Crippen LogP contribution in [0, 0.1) is 0 Å². The molecule has 112 valence electrons. The van der Waals surface area contributed by atoms with Gasteiger partial charge in [-0.1, -0.05) is 13.8 Å². The zero-order chi connectivity index (χ0) is 14.4. The third-order valence-electron chi connectivity index (χ3n) is 4.10. The van der Waals surface area contributed by atoms with Crippen LogP contribution in [-0.2, 0) is 6.54 Å². The molecule has 1 N–H and O–H groups in total. The van der Waals surface area contributed by atoms with E-state index in [4.69, 9.17) is 0 Å². The molecule has 20 heavy (non-hydrogen) atoms. The van der Waals surface area contributed by atoms with Gasteiger partial charge in [-0.15, -0.1) is 0 Å². The van der Waals surface area contributed by atoms with Gasteiger partial charge in [-0.3, -0.25) is 9.88 Å². The first-order valence-electron chi connectivity index (χ1n) is 7.75. The summed E-state index contributed by atoms with van der Waals surface area (Å²) >= 11 is 0. The summed E-state index contributed by atoms with van der Waals surface area (Å²) in [5.74, 6) is 1.01. The molecule has 1 saturated heterocycles. The maximum atomic E-state index is 4.55. The van der Waals surface area contributed by atoms with E-state index in [1.807, 2.05) is 12.4 Å². The average molecular weight is 277 g/mol.